The lowest BCUT2D eigenvalue weighted by molar-refractivity contribution is 0.573. The van der Waals surface area contributed by atoms with Crippen molar-refractivity contribution in [3.8, 4) is 0 Å². The van der Waals surface area contributed by atoms with Gasteiger partial charge in [-0.2, -0.15) is 0 Å². The summed E-state index contributed by atoms with van der Waals surface area (Å²) in [5, 5.41) is 4.22. The predicted molar refractivity (Wildman–Crippen MR) is 70.9 cm³/mol. The Morgan fingerprint density at radius 1 is 1.29 bits per heavy atom. The number of aromatic nitrogens is 1. The molecule has 2 rings (SSSR count). The van der Waals surface area contributed by atoms with Crippen molar-refractivity contribution in [1.29, 1.82) is 0 Å². The Balaban J connectivity index is 1.95. The van der Waals surface area contributed by atoms with E-state index in [1.165, 1.54) is 11.1 Å². The maximum atomic E-state index is 5.94. The zero-order chi connectivity index (χ0) is 12.1. The number of benzene rings is 1. The van der Waals surface area contributed by atoms with Crippen molar-refractivity contribution in [3.63, 3.8) is 0 Å². The van der Waals surface area contributed by atoms with E-state index in [0.717, 1.165) is 11.6 Å². The smallest absolute Gasteiger partial charge is 0.0409 e. The highest BCUT2D eigenvalue weighted by Gasteiger charge is 2.04. The molecule has 0 aliphatic carbocycles. The first kappa shape index (κ1) is 12.1. The van der Waals surface area contributed by atoms with Gasteiger partial charge in [-0.1, -0.05) is 29.8 Å². The summed E-state index contributed by atoms with van der Waals surface area (Å²) in [5.74, 6) is 0. The second-order valence-electron chi connectivity index (χ2n) is 4.02. The third kappa shape index (κ3) is 3.55. The van der Waals surface area contributed by atoms with Crippen molar-refractivity contribution in [1.82, 2.24) is 10.3 Å². The van der Waals surface area contributed by atoms with Gasteiger partial charge in [0.2, 0.25) is 0 Å². The van der Waals surface area contributed by atoms with Crippen molar-refractivity contribution >= 4 is 11.6 Å². The number of rotatable bonds is 4. The van der Waals surface area contributed by atoms with Gasteiger partial charge in [0, 0.05) is 30.0 Å². The molecule has 2 aromatic rings. The molecule has 1 atom stereocenters. The minimum absolute atomic E-state index is 0.280. The van der Waals surface area contributed by atoms with Crippen molar-refractivity contribution in [2.45, 2.75) is 19.5 Å². The molecular formula is C14H15ClN2. The van der Waals surface area contributed by atoms with Crippen LogP contribution < -0.4 is 5.32 Å². The Morgan fingerprint density at radius 2 is 2.18 bits per heavy atom. The fraction of sp³-hybridized carbons (Fsp3) is 0.214. The molecule has 1 aromatic carbocycles. The maximum absolute atomic E-state index is 5.94. The van der Waals surface area contributed by atoms with E-state index in [1.54, 1.807) is 6.20 Å². The Kier molecular flexibility index (Phi) is 4.13. The molecule has 0 saturated carbocycles. The van der Waals surface area contributed by atoms with Crippen LogP contribution in [0.1, 0.15) is 24.1 Å². The Hall–Kier alpha value is -1.38. The van der Waals surface area contributed by atoms with Gasteiger partial charge >= 0.3 is 0 Å². The highest BCUT2D eigenvalue weighted by molar-refractivity contribution is 6.30. The van der Waals surface area contributed by atoms with Crippen LogP contribution in [0.4, 0.5) is 0 Å². The highest BCUT2D eigenvalue weighted by atomic mass is 35.5. The molecule has 1 heterocycles. The quantitative estimate of drug-likeness (QED) is 0.892. The molecule has 0 bridgehead atoms. The first-order valence-corrected chi connectivity index (χ1v) is 6.01. The third-order valence-electron chi connectivity index (χ3n) is 2.69. The number of pyridine rings is 1. The van der Waals surface area contributed by atoms with Crippen LogP contribution in [0.5, 0.6) is 0 Å². The van der Waals surface area contributed by atoms with Crippen LogP contribution in [0.25, 0.3) is 0 Å². The SMILES string of the molecule is C[C@H](NCc1cccc(Cl)c1)c1cccnc1. The number of hydrogen-bond donors (Lipinski definition) is 1. The molecule has 0 amide bonds. The van der Waals surface area contributed by atoms with Gasteiger partial charge in [-0.05, 0) is 36.2 Å². The number of nitrogens with one attached hydrogen (secondary N) is 1. The van der Waals surface area contributed by atoms with Gasteiger partial charge < -0.3 is 5.32 Å². The van der Waals surface area contributed by atoms with E-state index in [4.69, 9.17) is 11.6 Å². The third-order valence-corrected chi connectivity index (χ3v) is 2.92. The van der Waals surface area contributed by atoms with Gasteiger partial charge in [0.1, 0.15) is 0 Å². The van der Waals surface area contributed by atoms with E-state index in [-0.39, 0.29) is 6.04 Å². The lowest BCUT2D eigenvalue weighted by Gasteiger charge is -2.13. The maximum Gasteiger partial charge on any atom is 0.0409 e. The van der Waals surface area contributed by atoms with E-state index in [9.17, 15) is 0 Å². The minimum atomic E-state index is 0.280. The molecule has 1 aromatic heterocycles. The fourth-order valence-electron chi connectivity index (χ4n) is 1.67. The molecule has 1 N–H and O–H groups in total. The Bertz CT molecular complexity index is 471. The zero-order valence-corrected chi connectivity index (χ0v) is 10.5. The Morgan fingerprint density at radius 3 is 2.88 bits per heavy atom. The molecule has 17 heavy (non-hydrogen) atoms. The monoisotopic (exact) mass is 246 g/mol. The highest BCUT2D eigenvalue weighted by Crippen LogP contribution is 2.13. The van der Waals surface area contributed by atoms with Crippen molar-refractivity contribution in [3.05, 3.63) is 64.9 Å². The predicted octanol–water partition coefficient (Wildman–Crippen LogP) is 3.59. The lowest BCUT2D eigenvalue weighted by Crippen LogP contribution is -2.18. The van der Waals surface area contributed by atoms with Crippen molar-refractivity contribution < 1.29 is 0 Å². The van der Waals surface area contributed by atoms with E-state index >= 15 is 0 Å². The molecule has 0 fully saturated rings. The topological polar surface area (TPSA) is 24.9 Å². The van der Waals surface area contributed by atoms with E-state index in [1.807, 2.05) is 30.5 Å². The standard InChI is InChI=1S/C14H15ClN2/c1-11(13-5-3-7-16-10-13)17-9-12-4-2-6-14(15)8-12/h2-8,10-11,17H,9H2,1H3/t11-/m0/s1. The molecular weight excluding hydrogens is 232 g/mol. The second kappa shape index (κ2) is 5.80. The average molecular weight is 247 g/mol. The number of halogens is 1. The van der Waals surface area contributed by atoms with Gasteiger partial charge in [-0.25, -0.2) is 0 Å². The lowest BCUT2D eigenvalue weighted by atomic mass is 10.1. The molecule has 0 saturated heterocycles. The molecule has 88 valence electrons. The number of hydrogen-bond acceptors (Lipinski definition) is 2. The summed E-state index contributed by atoms with van der Waals surface area (Å²) in [6, 6.07) is 12.2. The van der Waals surface area contributed by atoms with Crippen LogP contribution in [0, 0.1) is 0 Å². The summed E-state index contributed by atoms with van der Waals surface area (Å²) >= 11 is 5.94. The minimum Gasteiger partial charge on any atom is -0.306 e. The summed E-state index contributed by atoms with van der Waals surface area (Å²) in [4.78, 5) is 4.11. The summed E-state index contributed by atoms with van der Waals surface area (Å²) in [6.45, 7) is 2.93. The van der Waals surface area contributed by atoms with Crippen LogP contribution in [0.2, 0.25) is 5.02 Å². The Labute approximate surface area is 107 Å². The summed E-state index contributed by atoms with van der Waals surface area (Å²) in [6.07, 6.45) is 3.67. The summed E-state index contributed by atoms with van der Waals surface area (Å²) < 4.78 is 0. The molecule has 0 radical (unpaired) electrons. The van der Waals surface area contributed by atoms with Crippen LogP contribution in [-0.2, 0) is 6.54 Å². The van der Waals surface area contributed by atoms with Gasteiger partial charge in [-0.15, -0.1) is 0 Å². The molecule has 3 heteroatoms. The van der Waals surface area contributed by atoms with Crippen molar-refractivity contribution in [2.75, 3.05) is 0 Å². The van der Waals surface area contributed by atoms with Crippen LogP contribution >= 0.6 is 11.6 Å². The molecule has 0 unspecified atom stereocenters. The van der Waals surface area contributed by atoms with Gasteiger partial charge in [0.15, 0.2) is 0 Å². The average Bonchev–Trinajstić information content (AvgIpc) is 2.37. The van der Waals surface area contributed by atoms with E-state index in [2.05, 4.69) is 29.4 Å². The largest absolute Gasteiger partial charge is 0.306 e. The van der Waals surface area contributed by atoms with Crippen LogP contribution in [-0.4, -0.2) is 4.98 Å². The van der Waals surface area contributed by atoms with Gasteiger partial charge in [-0.3, -0.25) is 4.98 Å². The van der Waals surface area contributed by atoms with Gasteiger partial charge in [0.25, 0.3) is 0 Å². The normalized spacial score (nSPS) is 12.4. The first-order valence-electron chi connectivity index (χ1n) is 5.63. The molecule has 0 aliphatic heterocycles. The van der Waals surface area contributed by atoms with Crippen molar-refractivity contribution in [2.24, 2.45) is 0 Å². The molecule has 0 aliphatic rings. The molecule has 0 spiro atoms. The first-order chi connectivity index (χ1) is 8.25. The number of nitrogens with zero attached hydrogens (tertiary/aromatic N) is 1. The van der Waals surface area contributed by atoms with Crippen LogP contribution in [0.15, 0.2) is 48.8 Å². The van der Waals surface area contributed by atoms with Crippen LogP contribution in [0.3, 0.4) is 0 Å². The summed E-state index contributed by atoms with van der Waals surface area (Å²) in [5.41, 5.74) is 2.38. The van der Waals surface area contributed by atoms with Gasteiger partial charge in [0.05, 0.1) is 0 Å². The van der Waals surface area contributed by atoms with E-state index < -0.39 is 0 Å². The summed E-state index contributed by atoms with van der Waals surface area (Å²) in [7, 11) is 0. The zero-order valence-electron chi connectivity index (χ0n) is 9.73. The fourth-order valence-corrected chi connectivity index (χ4v) is 1.88. The molecule has 2 nitrogen and oxygen atoms in total. The second-order valence-corrected chi connectivity index (χ2v) is 4.46. The van der Waals surface area contributed by atoms with E-state index in [0.29, 0.717) is 0 Å².